The minimum Gasteiger partial charge on any atom is -0.497 e. The Morgan fingerprint density at radius 3 is 2.54 bits per heavy atom. The van der Waals surface area contributed by atoms with Gasteiger partial charge in [0.2, 0.25) is 0 Å². The molecule has 2 aromatic carbocycles. The highest BCUT2D eigenvalue weighted by Gasteiger charge is 2.16. The van der Waals surface area contributed by atoms with Crippen LogP contribution in [-0.4, -0.2) is 18.2 Å². The largest absolute Gasteiger partial charge is 0.497 e. The van der Waals surface area contributed by atoms with E-state index in [9.17, 15) is 0 Å². The van der Waals surface area contributed by atoms with Gasteiger partial charge < -0.3 is 9.64 Å². The van der Waals surface area contributed by atoms with Crippen molar-refractivity contribution in [2.24, 2.45) is 4.99 Å². The molecule has 2 aliphatic rings. The molecule has 4 rings (SSSR count). The third-order valence-corrected chi connectivity index (χ3v) is 4.24. The van der Waals surface area contributed by atoms with Crippen molar-refractivity contribution in [1.82, 2.24) is 4.90 Å². The fraction of sp³-hybridized carbons (Fsp3) is 0.0952. The van der Waals surface area contributed by atoms with Gasteiger partial charge in [-0.3, -0.25) is 4.99 Å². The number of aliphatic imine (C=N–C) groups is 1. The highest BCUT2D eigenvalue weighted by Crippen LogP contribution is 2.37. The number of hydrogen-bond donors (Lipinski definition) is 0. The Morgan fingerprint density at radius 2 is 1.79 bits per heavy atom. The maximum absolute atomic E-state index is 5.34. The van der Waals surface area contributed by atoms with Crippen LogP contribution in [0.15, 0.2) is 83.6 Å². The molecule has 0 spiro atoms. The van der Waals surface area contributed by atoms with Crippen LogP contribution in [0.3, 0.4) is 0 Å². The number of ether oxygens (including phenoxy) is 1. The molecule has 2 heterocycles. The molecule has 3 nitrogen and oxygen atoms in total. The first-order valence-corrected chi connectivity index (χ1v) is 7.96. The van der Waals surface area contributed by atoms with Crippen LogP contribution in [0.25, 0.3) is 5.57 Å². The zero-order valence-electron chi connectivity index (χ0n) is 13.5. The summed E-state index contributed by atoms with van der Waals surface area (Å²) in [5, 5.41) is 0. The minimum atomic E-state index is 0.854. The van der Waals surface area contributed by atoms with Crippen molar-refractivity contribution < 1.29 is 4.74 Å². The van der Waals surface area contributed by atoms with Gasteiger partial charge in [0.25, 0.3) is 0 Å². The van der Waals surface area contributed by atoms with Crippen molar-refractivity contribution >= 4 is 17.5 Å². The summed E-state index contributed by atoms with van der Waals surface area (Å²) in [6, 6.07) is 16.4. The fourth-order valence-electron chi connectivity index (χ4n) is 2.94. The van der Waals surface area contributed by atoms with Crippen LogP contribution < -0.4 is 4.74 Å². The first kappa shape index (κ1) is 14.5. The molecule has 0 amide bonds. The summed E-state index contributed by atoms with van der Waals surface area (Å²) in [7, 11) is 1.69. The Kier molecular flexibility index (Phi) is 3.75. The van der Waals surface area contributed by atoms with Crippen molar-refractivity contribution in [1.29, 1.82) is 0 Å². The molecule has 2 aromatic rings. The van der Waals surface area contributed by atoms with E-state index in [0.29, 0.717) is 0 Å². The predicted octanol–water partition coefficient (Wildman–Crippen LogP) is 4.71. The second-order valence-electron chi connectivity index (χ2n) is 5.80. The summed E-state index contributed by atoms with van der Waals surface area (Å²) in [5.74, 6) is 0.854. The number of hydrogen-bond acceptors (Lipinski definition) is 3. The quantitative estimate of drug-likeness (QED) is 0.820. The van der Waals surface area contributed by atoms with E-state index in [1.54, 1.807) is 7.11 Å². The predicted molar refractivity (Wildman–Crippen MR) is 98.3 cm³/mol. The van der Waals surface area contributed by atoms with Gasteiger partial charge in [0.1, 0.15) is 5.75 Å². The van der Waals surface area contributed by atoms with E-state index in [2.05, 4.69) is 58.7 Å². The molecule has 3 heteroatoms. The molecule has 0 bridgehead atoms. The zero-order valence-corrected chi connectivity index (χ0v) is 13.5. The molecular formula is C21H18N2O. The minimum absolute atomic E-state index is 0.854. The van der Waals surface area contributed by atoms with E-state index in [-0.39, 0.29) is 0 Å². The first-order chi connectivity index (χ1) is 11.8. The molecule has 0 atom stereocenters. The van der Waals surface area contributed by atoms with Gasteiger partial charge in [-0.25, -0.2) is 0 Å². The Bertz CT molecular complexity index is 860. The summed E-state index contributed by atoms with van der Waals surface area (Å²) in [5.41, 5.74) is 5.70. The van der Waals surface area contributed by atoms with Crippen LogP contribution in [0.4, 0.5) is 5.69 Å². The number of fused-ring (bicyclic) bond motifs is 1. The van der Waals surface area contributed by atoms with Crippen molar-refractivity contribution in [3.05, 3.63) is 89.8 Å². The lowest BCUT2D eigenvalue weighted by atomic mass is 10.00. The van der Waals surface area contributed by atoms with Crippen molar-refractivity contribution in [3.8, 4) is 5.75 Å². The van der Waals surface area contributed by atoms with Gasteiger partial charge in [-0.05, 0) is 41.5 Å². The maximum Gasteiger partial charge on any atom is 0.119 e. The third-order valence-electron chi connectivity index (χ3n) is 4.24. The lowest BCUT2D eigenvalue weighted by Crippen LogP contribution is -2.11. The van der Waals surface area contributed by atoms with Crippen LogP contribution in [-0.2, 0) is 6.54 Å². The molecule has 118 valence electrons. The third kappa shape index (κ3) is 2.76. The average Bonchev–Trinajstić information content (AvgIpc) is 3.06. The fourth-order valence-corrected chi connectivity index (χ4v) is 2.94. The number of nitrogens with zero attached hydrogens (tertiary/aromatic N) is 2. The topological polar surface area (TPSA) is 24.8 Å². The van der Waals surface area contributed by atoms with Crippen LogP contribution in [0, 0.1) is 0 Å². The van der Waals surface area contributed by atoms with Crippen LogP contribution in [0.1, 0.15) is 11.1 Å². The van der Waals surface area contributed by atoms with E-state index >= 15 is 0 Å². The highest BCUT2D eigenvalue weighted by atomic mass is 16.5. The molecular weight excluding hydrogens is 296 g/mol. The summed E-state index contributed by atoms with van der Waals surface area (Å²) >= 11 is 0. The Morgan fingerprint density at radius 1 is 1.00 bits per heavy atom. The summed E-state index contributed by atoms with van der Waals surface area (Å²) in [6.45, 7) is 0.870. The second-order valence-corrected chi connectivity index (χ2v) is 5.80. The Hall–Kier alpha value is -3.07. The number of methoxy groups -OCH3 is 1. The molecule has 0 N–H and O–H groups in total. The van der Waals surface area contributed by atoms with Gasteiger partial charge in [-0.2, -0.15) is 0 Å². The first-order valence-electron chi connectivity index (χ1n) is 7.96. The van der Waals surface area contributed by atoms with Gasteiger partial charge in [-0.15, -0.1) is 0 Å². The molecule has 0 radical (unpaired) electrons. The summed E-state index contributed by atoms with van der Waals surface area (Å²) in [4.78, 5) is 6.68. The lowest BCUT2D eigenvalue weighted by molar-refractivity contribution is 0.415. The molecule has 0 saturated heterocycles. The molecule has 0 saturated carbocycles. The number of rotatable bonds is 3. The Balaban J connectivity index is 1.58. The zero-order chi connectivity index (χ0) is 16.4. The summed E-state index contributed by atoms with van der Waals surface area (Å²) < 4.78 is 5.34. The highest BCUT2D eigenvalue weighted by molar-refractivity contribution is 6.18. The average molecular weight is 314 g/mol. The molecule has 24 heavy (non-hydrogen) atoms. The molecule has 0 unspecified atom stereocenters. The van der Waals surface area contributed by atoms with Crippen LogP contribution >= 0.6 is 0 Å². The normalized spacial score (nSPS) is 15.1. The van der Waals surface area contributed by atoms with Gasteiger partial charge in [0.05, 0.1) is 12.8 Å². The van der Waals surface area contributed by atoms with E-state index in [1.807, 2.05) is 30.5 Å². The monoisotopic (exact) mass is 314 g/mol. The van der Waals surface area contributed by atoms with E-state index in [4.69, 9.17) is 4.74 Å². The van der Waals surface area contributed by atoms with E-state index < -0.39 is 0 Å². The van der Waals surface area contributed by atoms with E-state index in [1.165, 1.54) is 5.56 Å². The van der Waals surface area contributed by atoms with Crippen LogP contribution in [0.2, 0.25) is 0 Å². The van der Waals surface area contributed by atoms with Crippen molar-refractivity contribution in [3.63, 3.8) is 0 Å². The standard InChI is InChI=1S/C21H18N2O/c1-24-18-7-8-21-19(13-18)20(14-22-21)17-9-11-23(12-10-17)15-16-5-3-2-4-6-16/h2-14H,15H2,1H3. The lowest BCUT2D eigenvalue weighted by Gasteiger charge is -2.19. The smallest absolute Gasteiger partial charge is 0.119 e. The summed E-state index contributed by atoms with van der Waals surface area (Å²) in [6.07, 6.45) is 10.4. The second kappa shape index (κ2) is 6.20. The molecule has 0 fully saturated rings. The molecule has 2 aliphatic heterocycles. The molecule has 0 aliphatic carbocycles. The number of allylic oxidation sites excluding steroid dienone is 4. The van der Waals surface area contributed by atoms with Gasteiger partial charge in [-0.1, -0.05) is 30.3 Å². The van der Waals surface area contributed by atoms with Gasteiger partial charge >= 0.3 is 0 Å². The number of benzene rings is 2. The SMILES string of the molecule is COc1ccc2c(c1)C(=C1C=CN(Cc3ccccc3)C=C1)C=N2. The van der Waals surface area contributed by atoms with Gasteiger partial charge in [0.15, 0.2) is 0 Å². The Labute approximate surface area is 141 Å². The van der Waals surface area contributed by atoms with Crippen molar-refractivity contribution in [2.45, 2.75) is 6.54 Å². The molecule has 0 aromatic heterocycles. The van der Waals surface area contributed by atoms with Gasteiger partial charge in [0, 0.05) is 36.3 Å². The maximum atomic E-state index is 5.34. The van der Waals surface area contributed by atoms with Crippen LogP contribution in [0.5, 0.6) is 5.75 Å². The van der Waals surface area contributed by atoms with Crippen molar-refractivity contribution in [2.75, 3.05) is 7.11 Å². The van der Waals surface area contributed by atoms with E-state index in [0.717, 1.165) is 34.7 Å².